The maximum atomic E-state index is 12.7. The van der Waals surface area contributed by atoms with E-state index in [4.69, 9.17) is 4.74 Å². The van der Waals surface area contributed by atoms with Crippen molar-refractivity contribution in [2.45, 2.75) is 31.8 Å². The molecule has 1 amide bonds. The third-order valence-corrected chi connectivity index (χ3v) is 4.71. The predicted molar refractivity (Wildman–Crippen MR) is 92.1 cm³/mol. The summed E-state index contributed by atoms with van der Waals surface area (Å²) in [4.78, 5) is 26.7. The van der Waals surface area contributed by atoms with Crippen LogP contribution in [0.5, 0.6) is 5.75 Å². The second-order valence-corrected chi connectivity index (χ2v) is 6.12. The lowest BCUT2D eigenvalue weighted by Crippen LogP contribution is -2.37. The normalized spacial score (nSPS) is 16.3. The highest BCUT2D eigenvalue weighted by Gasteiger charge is 2.26. The fourth-order valence-corrected chi connectivity index (χ4v) is 3.36. The molecule has 3 rings (SSSR count). The number of likely N-dealkylation sites (N-methyl/N-ethyl adjacent to an activating group) is 1. The fourth-order valence-electron chi connectivity index (χ4n) is 3.36. The van der Waals surface area contributed by atoms with Crippen LogP contribution in [0.25, 0.3) is 0 Å². The van der Waals surface area contributed by atoms with Crippen molar-refractivity contribution in [3.8, 4) is 5.75 Å². The number of rotatable bonds is 4. The summed E-state index contributed by atoms with van der Waals surface area (Å²) in [5, 5.41) is 0. The monoisotopic (exact) mass is 326 g/mol. The number of carbonyl (C=O) groups excluding carboxylic acids is 1. The summed E-state index contributed by atoms with van der Waals surface area (Å²) in [7, 11) is 3.27. The molecule has 0 radical (unpaired) electrons. The Morgan fingerprint density at radius 3 is 2.88 bits per heavy atom. The first kappa shape index (κ1) is 16.3. The summed E-state index contributed by atoms with van der Waals surface area (Å²) in [5.41, 5.74) is 2.25. The number of nitrogens with zero attached hydrogens (tertiary/aromatic N) is 2. The molecule has 5 nitrogen and oxygen atoms in total. The van der Waals surface area contributed by atoms with Gasteiger partial charge in [0, 0.05) is 13.2 Å². The molecule has 1 aliphatic carbocycles. The van der Waals surface area contributed by atoms with E-state index in [-0.39, 0.29) is 29.8 Å². The molecule has 1 aromatic carbocycles. The molecular weight excluding hydrogens is 304 g/mol. The molecule has 2 aromatic rings. The number of hydrogen-bond acceptors (Lipinski definition) is 3. The van der Waals surface area contributed by atoms with E-state index in [1.54, 1.807) is 23.2 Å². The summed E-state index contributed by atoms with van der Waals surface area (Å²) in [5.74, 6) is 0.169. The van der Waals surface area contributed by atoms with Gasteiger partial charge >= 0.3 is 0 Å². The maximum absolute atomic E-state index is 12.7. The number of benzene rings is 1. The zero-order valence-corrected chi connectivity index (χ0v) is 14.1. The van der Waals surface area contributed by atoms with E-state index < -0.39 is 0 Å². The van der Waals surface area contributed by atoms with Crippen LogP contribution in [-0.4, -0.2) is 29.5 Å². The summed E-state index contributed by atoms with van der Waals surface area (Å²) in [6, 6.07) is 11.7. The van der Waals surface area contributed by atoms with Crippen molar-refractivity contribution in [3.63, 3.8) is 0 Å². The van der Waals surface area contributed by atoms with Gasteiger partial charge in [-0.15, -0.1) is 0 Å². The third-order valence-electron chi connectivity index (χ3n) is 4.71. The van der Waals surface area contributed by atoms with Crippen LogP contribution in [-0.2, 0) is 17.8 Å². The van der Waals surface area contributed by atoms with Crippen LogP contribution in [0, 0.1) is 0 Å². The number of amides is 1. The number of hydrogen-bond donors (Lipinski definition) is 0. The first-order valence-electron chi connectivity index (χ1n) is 8.18. The zero-order valence-electron chi connectivity index (χ0n) is 14.1. The molecule has 0 aliphatic heterocycles. The van der Waals surface area contributed by atoms with Crippen molar-refractivity contribution in [3.05, 3.63) is 64.1 Å². The lowest BCUT2D eigenvalue weighted by atomic mass is 9.87. The summed E-state index contributed by atoms with van der Waals surface area (Å²) in [6.07, 6.45) is 4.69. The van der Waals surface area contributed by atoms with Crippen LogP contribution in [0.2, 0.25) is 0 Å². The maximum Gasteiger partial charge on any atom is 0.293 e. The Morgan fingerprint density at radius 2 is 2.08 bits per heavy atom. The van der Waals surface area contributed by atoms with Crippen molar-refractivity contribution in [2.24, 2.45) is 0 Å². The van der Waals surface area contributed by atoms with Gasteiger partial charge in [0.15, 0.2) is 5.75 Å². The molecule has 0 saturated heterocycles. The average Bonchev–Trinajstić information content (AvgIpc) is 2.62. The van der Waals surface area contributed by atoms with Crippen LogP contribution in [0.15, 0.2) is 47.4 Å². The molecule has 126 valence electrons. The van der Waals surface area contributed by atoms with Gasteiger partial charge in [0.05, 0.1) is 13.2 Å². The van der Waals surface area contributed by atoms with Crippen LogP contribution in [0.4, 0.5) is 0 Å². The Morgan fingerprint density at radius 1 is 1.29 bits per heavy atom. The van der Waals surface area contributed by atoms with Gasteiger partial charge in [0.25, 0.3) is 5.56 Å². The summed E-state index contributed by atoms with van der Waals surface area (Å²) < 4.78 is 6.43. The van der Waals surface area contributed by atoms with Crippen LogP contribution in [0.3, 0.4) is 0 Å². The SMILES string of the molecule is COc1cccn(CC(=O)N(C)[C@H]2CCCc3ccccc32)c1=O. The van der Waals surface area contributed by atoms with Gasteiger partial charge < -0.3 is 14.2 Å². The lowest BCUT2D eigenvalue weighted by molar-refractivity contribution is -0.133. The van der Waals surface area contributed by atoms with E-state index in [9.17, 15) is 9.59 Å². The second-order valence-electron chi connectivity index (χ2n) is 6.12. The number of aromatic nitrogens is 1. The highest BCUT2D eigenvalue weighted by Crippen LogP contribution is 2.33. The van der Waals surface area contributed by atoms with Crippen molar-refractivity contribution in [1.29, 1.82) is 0 Å². The molecule has 0 bridgehead atoms. The Bertz CT molecular complexity index is 797. The van der Waals surface area contributed by atoms with Gasteiger partial charge in [-0.1, -0.05) is 24.3 Å². The Kier molecular flexibility index (Phi) is 4.69. The first-order chi connectivity index (χ1) is 11.6. The molecule has 0 fully saturated rings. The van der Waals surface area contributed by atoms with Gasteiger partial charge in [-0.05, 0) is 42.5 Å². The van der Waals surface area contributed by atoms with E-state index in [2.05, 4.69) is 12.1 Å². The molecule has 1 heterocycles. The first-order valence-corrected chi connectivity index (χ1v) is 8.18. The number of aryl methyl sites for hydroxylation is 1. The lowest BCUT2D eigenvalue weighted by Gasteiger charge is -2.33. The highest BCUT2D eigenvalue weighted by molar-refractivity contribution is 5.76. The molecule has 5 heteroatoms. The molecule has 0 saturated carbocycles. The molecule has 1 aromatic heterocycles. The van der Waals surface area contributed by atoms with Crippen LogP contribution >= 0.6 is 0 Å². The van der Waals surface area contributed by atoms with Gasteiger partial charge in [-0.3, -0.25) is 9.59 Å². The Labute approximate surface area is 141 Å². The molecular formula is C19H22N2O3. The van der Waals surface area contributed by atoms with Crippen molar-refractivity contribution in [1.82, 2.24) is 9.47 Å². The third kappa shape index (κ3) is 3.07. The quantitative estimate of drug-likeness (QED) is 0.867. The fraction of sp³-hybridized carbons (Fsp3) is 0.368. The Balaban J connectivity index is 1.80. The summed E-state index contributed by atoms with van der Waals surface area (Å²) >= 11 is 0. The van der Waals surface area contributed by atoms with Crippen molar-refractivity contribution in [2.75, 3.05) is 14.2 Å². The van der Waals surface area contributed by atoms with E-state index in [0.717, 1.165) is 19.3 Å². The van der Waals surface area contributed by atoms with Gasteiger partial charge in [0.1, 0.15) is 6.54 Å². The standard InChI is InChI=1S/C19H22N2O3/c1-20(16-10-5-8-14-7-3-4-9-15(14)16)18(22)13-21-12-6-11-17(24-2)19(21)23/h3-4,6-7,9,11-12,16H,5,8,10,13H2,1-2H3/t16-/m0/s1. The van der Waals surface area contributed by atoms with Crippen LogP contribution < -0.4 is 10.3 Å². The number of pyridine rings is 1. The molecule has 24 heavy (non-hydrogen) atoms. The van der Waals surface area contributed by atoms with Gasteiger partial charge in [0.2, 0.25) is 5.91 Å². The number of carbonyl (C=O) groups is 1. The van der Waals surface area contributed by atoms with E-state index in [0.29, 0.717) is 0 Å². The van der Waals surface area contributed by atoms with Crippen molar-refractivity contribution < 1.29 is 9.53 Å². The largest absolute Gasteiger partial charge is 0.491 e. The van der Waals surface area contributed by atoms with E-state index >= 15 is 0 Å². The average molecular weight is 326 g/mol. The number of methoxy groups -OCH3 is 1. The molecule has 0 spiro atoms. The minimum absolute atomic E-state index is 0.0190. The molecule has 0 N–H and O–H groups in total. The van der Waals surface area contributed by atoms with Crippen LogP contribution in [0.1, 0.15) is 30.0 Å². The van der Waals surface area contributed by atoms with E-state index in [1.807, 2.05) is 19.2 Å². The number of fused-ring (bicyclic) bond motifs is 1. The smallest absolute Gasteiger partial charge is 0.293 e. The number of ether oxygens (including phenoxy) is 1. The van der Waals surface area contributed by atoms with Gasteiger partial charge in [-0.2, -0.15) is 0 Å². The minimum atomic E-state index is -0.286. The predicted octanol–water partition coefficient (Wildman–Crippen LogP) is 2.39. The molecule has 0 unspecified atom stereocenters. The molecule has 1 aliphatic rings. The highest BCUT2D eigenvalue weighted by atomic mass is 16.5. The van der Waals surface area contributed by atoms with Crippen molar-refractivity contribution >= 4 is 5.91 Å². The second kappa shape index (κ2) is 6.91. The minimum Gasteiger partial charge on any atom is -0.491 e. The zero-order chi connectivity index (χ0) is 17.1. The molecule has 1 atom stereocenters. The van der Waals surface area contributed by atoms with Gasteiger partial charge in [-0.25, -0.2) is 0 Å². The Hall–Kier alpha value is -2.56. The topological polar surface area (TPSA) is 51.5 Å². The van der Waals surface area contributed by atoms with E-state index in [1.165, 1.54) is 22.8 Å². The summed E-state index contributed by atoms with van der Waals surface area (Å²) in [6.45, 7) is 0.0190.